The van der Waals surface area contributed by atoms with Gasteiger partial charge in [-0.2, -0.15) is 0 Å². The minimum absolute atomic E-state index is 0.00612. The Hall–Kier alpha value is -4.15. The van der Waals surface area contributed by atoms with Crippen LogP contribution >= 0.6 is 0 Å². The Balaban J connectivity index is 1.52. The fourth-order valence-electron chi connectivity index (χ4n) is 4.96. The van der Waals surface area contributed by atoms with Crippen LogP contribution in [0.3, 0.4) is 0 Å². The number of carbonyl (C=O) groups excluding carboxylic acids is 2. The number of hydrogen-bond acceptors (Lipinski definition) is 9. The van der Waals surface area contributed by atoms with Crippen molar-refractivity contribution in [1.29, 1.82) is 0 Å². The van der Waals surface area contributed by atoms with Crippen LogP contribution < -0.4 is 9.80 Å². The van der Waals surface area contributed by atoms with Crippen LogP contribution in [0.4, 0.5) is 11.8 Å². The molecule has 2 heterocycles. The molecule has 10 nitrogen and oxygen atoms in total. The molecule has 1 saturated carbocycles. The van der Waals surface area contributed by atoms with Crippen molar-refractivity contribution >= 4 is 29.7 Å². The molecule has 1 aromatic carbocycles. The summed E-state index contributed by atoms with van der Waals surface area (Å²) in [5.41, 5.74) is 3.52. The number of likely N-dealkylation sites (N-methyl/N-ethyl adjacent to an activating group) is 1. The molecule has 0 N–H and O–H groups in total. The van der Waals surface area contributed by atoms with Crippen LogP contribution in [0, 0.1) is 5.92 Å². The van der Waals surface area contributed by atoms with E-state index in [1.54, 1.807) is 23.2 Å². The van der Waals surface area contributed by atoms with Gasteiger partial charge < -0.3 is 19.3 Å². The van der Waals surface area contributed by atoms with Gasteiger partial charge in [0.15, 0.2) is 0 Å². The number of carbonyl (C=O) groups is 2. The molecule has 0 radical (unpaired) electrons. The standard InChI is InChI=1S/C33H42N6O4/c1-37(2)20-21-43-29-14-10-26(11-15-29)32(41)39(33-34-19-18-28(36-33)13-17-31(40)42-5)23-24-6-8-25(9-7-24)27-12-16-30(35-22-27)38(3)4/h6-9,12-13,16-19,22,26,29H,10-11,14-15,20-21,23H2,1-5H3/b17-13+. The summed E-state index contributed by atoms with van der Waals surface area (Å²) in [4.78, 5) is 45.0. The summed E-state index contributed by atoms with van der Waals surface area (Å²) in [7, 11) is 9.31. The van der Waals surface area contributed by atoms with Crippen molar-refractivity contribution in [2.24, 2.45) is 5.92 Å². The fourth-order valence-corrected chi connectivity index (χ4v) is 4.96. The lowest BCUT2D eigenvalue weighted by Gasteiger charge is -2.31. The number of hydrogen-bond donors (Lipinski definition) is 0. The number of nitrogens with zero attached hydrogens (tertiary/aromatic N) is 6. The second-order valence-corrected chi connectivity index (χ2v) is 11.2. The SMILES string of the molecule is COC(=O)/C=C/c1ccnc(N(Cc2ccc(-c3ccc(N(C)C)nc3)cc2)C(=O)C2CCC(OCCN(C)C)CC2)n1. The van der Waals surface area contributed by atoms with Gasteiger partial charge in [0.25, 0.3) is 0 Å². The van der Waals surface area contributed by atoms with Crippen molar-refractivity contribution < 1.29 is 19.1 Å². The van der Waals surface area contributed by atoms with E-state index in [0.29, 0.717) is 24.8 Å². The predicted octanol–water partition coefficient (Wildman–Crippen LogP) is 4.46. The summed E-state index contributed by atoms with van der Waals surface area (Å²) < 4.78 is 10.8. The smallest absolute Gasteiger partial charge is 0.330 e. The monoisotopic (exact) mass is 586 g/mol. The highest BCUT2D eigenvalue weighted by atomic mass is 16.5. The molecule has 43 heavy (non-hydrogen) atoms. The number of rotatable bonds is 12. The summed E-state index contributed by atoms with van der Waals surface area (Å²) in [6, 6.07) is 13.8. The molecule has 1 aliphatic carbocycles. The highest BCUT2D eigenvalue weighted by Crippen LogP contribution is 2.30. The third-order valence-electron chi connectivity index (χ3n) is 7.51. The molecular weight excluding hydrogens is 544 g/mol. The van der Waals surface area contributed by atoms with E-state index in [9.17, 15) is 9.59 Å². The van der Waals surface area contributed by atoms with Crippen LogP contribution in [0.5, 0.6) is 0 Å². The van der Waals surface area contributed by atoms with Gasteiger partial charge in [0.1, 0.15) is 5.82 Å². The van der Waals surface area contributed by atoms with E-state index in [2.05, 4.69) is 25.9 Å². The Labute approximate surface area is 254 Å². The Morgan fingerprint density at radius 3 is 2.28 bits per heavy atom. The number of ether oxygens (including phenoxy) is 2. The first-order valence-corrected chi connectivity index (χ1v) is 14.6. The van der Waals surface area contributed by atoms with Crippen LogP contribution in [-0.4, -0.2) is 86.3 Å². The van der Waals surface area contributed by atoms with Crippen LogP contribution in [0.15, 0.2) is 60.9 Å². The summed E-state index contributed by atoms with van der Waals surface area (Å²) in [5.74, 6) is 0.561. The molecule has 4 rings (SSSR count). The zero-order valence-electron chi connectivity index (χ0n) is 25.8. The van der Waals surface area contributed by atoms with Crippen molar-refractivity contribution in [2.45, 2.75) is 38.3 Å². The number of methoxy groups -OCH3 is 1. The van der Waals surface area contributed by atoms with Crippen LogP contribution in [-0.2, 0) is 25.6 Å². The van der Waals surface area contributed by atoms with Crippen molar-refractivity contribution in [3.05, 3.63) is 72.2 Å². The normalized spacial score (nSPS) is 16.8. The largest absolute Gasteiger partial charge is 0.466 e. The van der Waals surface area contributed by atoms with Crippen molar-refractivity contribution in [3.63, 3.8) is 0 Å². The molecule has 10 heteroatoms. The van der Waals surface area contributed by atoms with Gasteiger partial charge in [-0.25, -0.2) is 19.7 Å². The third kappa shape index (κ3) is 9.17. The van der Waals surface area contributed by atoms with E-state index < -0.39 is 5.97 Å². The number of esters is 1. The fraction of sp³-hybridized carbons (Fsp3) is 0.424. The van der Waals surface area contributed by atoms with E-state index in [4.69, 9.17) is 9.47 Å². The molecule has 0 saturated heterocycles. The average Bonchev–Trinajstić information content (AvgIpc) is 3.03. The average molecular weight is 587 g/mol. The zero-order chi connectivity index (χ0) is 30.8. The minimum Gasteiger partial charge on any atom is -0.466 e. The Morgan fingerprint density at radius 1 is 0.930 bits per heavy atom. The second kappa shape index (κ2) is 15.4. The van der Waals surface area contributed by atoms with Crippen molar-refractivity contribution in [2.75, 3.05) is 58.3 Å². The lowest BCUT2D eigenvalue weighted by atomic mass is 9.86. The summed E-state index contributed by atoms with van der Waals surface area (Å²) in [6.07, 6.45) is 9.68. The van der Waals surface area contributed by atoms with Gasteiger partial charge in [-0.15, -0.1) is 0 Å². The van der Waals surface area contributed by atoms with Gasteiger partial charge >= 0.3 is 5.97 Å². The Kier molecular flexibility index (Phi) is 11.4. The Bertz CT molecular complexity index is 1370. The predicted molar refractivity (Wildman–Crippen MR) is 169 cm³/mol. The summed E-state index contributed by atoms with van der Waals surface area (Å²) in [5, 5.41) is 0. The number of anilines is 2. The maximum atomic E-state index is 14.0. The molecular formula is C33H42N6O4. The van der Waals surface area contributed by atoms with Gasteiger partial charge in [0.2, 0.25) is 11.9 Å². The quantitative estimate of drug-likeness (QED) is 0.225. The van der Waals surface area contributed by atoms with Crippen LogP contribution in [0.2, 0.25) is 0 Å². The highest BCUT2D eigenvalue weighted by Gasteiger charge is 2.31. The molecule has 0 unspecified atom stereocenters. The molecule has 2 aromatic heterocycles. The first kappa shape index (κ1) is 31.8. The second-order valence-electron chi connectivity index (χ2n) is 11.2. The molecule has 0 atom stereocenters. The molecule has 1 aliphatic rings. The first-order chi connectivity index (χ1) is 20.7. The molecule has 228 valence electrons. The Morgan fingerprint density at radius 2 is 1.65 bits per heavy atom. The molecule has 0 aliphatic heterocycles. The number of benzene rings is 1. The molecule has 0 bridgehead atoms. The minimum atomic E-state index is -0.482. The molecule has 1 fully saturated rings. The topological polar surface area (TPSA) is 101 Å². The van der Waals surface area contributed by atoms with E-state index in [1.165, 1.54) is 13.2 Å². The van der Waals surface area contributed by atoms with E-state index >= 15 is 0 Å². The number of aromatic nitrogens is 3. The van der Waals surface area contributed by atoms with Gasteiger partial charge in [-0.3, -0.25) is 9.69 Å². The molecule has 3 aromatic rings. The maximum absolute atomic E-state index is 14.0. The maximum Gasteiger partial charge on any atom is 0.330 e. The molecule has 1 amide bonds. The lowest BCUT2D eigenvalue weighted by Crippen LogP contribution is -2.39. The van der Waals surface area contributed by atoms with E-state index in [-0.39, 0.29) is 17.9 Å². The first-order valence-electron chi connectivity index (χ1n) is 14.6. The van der Waals surface area contributed by atoms with Gasteiger partial charge in [-0.1, -0.05) is 24.3 Å². The van der Waals surface area contributed by atoms with E-state index in [0.717, 1.165) is 54.7 Å². The molecule has 0 spiro atoms. The van der Waals surface area contributed by atoms with Crippen LogP contribution in [0.25, 0.3) is 17.2 Å². The summed E-state index contributed by atoms with van der Waals surface area (Å²) in [6.45, 7) is 1.88. The van der Waals surface area contributed by atoms with Gasteiger partial charge in [-0.05, 0) is 75.2 Å². The van der Waals surface area contributed by atoms with E-state index in [1.807, 2.05) is 69.6 Å². The zero-order valence-corrected chi connectivity index (χ0v) is 25.8. The number of amides is 1. The van der Waals surface area contributed by atoms with Crippen LogP contribution in [0.1, 0.15) is 36.9 Å². The van der Waals surface area contributed by atoms with Crippen molar-refractivity contribution in [3.8, 4) is 11.1 Å². The van der Waals surface area contributed by atoms with Gasteiger partial charge in [0, 0.05) is 50.6 Å². The van der Waals surface area contributed by atoms with Crippen molar-refractivity contribution in [1.82, 2.24) is 19.9 Å². The third-order valence-corrected chi connectivity index (χ3v) is 7.51. The number of pyridine rings is 1. The lowest BCUT2D eigenvalue weighted by molar-refractivity contribution is -0.134. The highest BCUT2D eigenvalue weighted by molar-refractivity contribution is 5.93. The summed E-state index contributed by atoms with van der Waals surface area (Å²) >= 11 is 0. The van der Waals surface area contributed by atoms with Gasteiger partial charge in [0.05, 0.1) is 32.1 Å².